The van der Waals surface area contributed by atoms with Gasteiger partial charge in [0.15, 0.2) is 0 Å². The van der Waals surface area contributed by atoms with E-state index in [-0.39, 0.29) is 12.3 Å². The average Bonchev–Trinajstić information content (AvgIpc) is 2.98. The predicted molar refractivity (Wildman–Crippen MR) is 77.1 cm³/mol. The fraction of sp³-hybridized carbons (Fsp3) is 0.615. The third kappa shape index (κ3) is 5.92. The summed E-state index contributed by atoms with van der Waals surface area (Å²) in [4.78, 5) is 30.5. The number of rotatable bonds is 9. The largest absolute Gasteiger partial charge is 0.467 e. The molecule has 0 saturated heterocycles. The van der Waals surface area contributed by atoms with Crippen molar-refractivity contribution in [3.63, 3.8) is 0 Å². The lowest BCUT2D eigenvalue weighted by Gasteiger charge is -2.18. The van der Waals surface area contributed by atoms with Crippen molar-refractivity contribution >= 4 is 11.9 Å². The van der Waals surface area contributed by atoms with Crippen molar-refractivity contribution < 1.29 is 14.3 Å². The Hall–Kier alpha value is -1.93. The van der Waals surface area contributed by atoms with Crippen LogP contribution in [0.2, 0.25) is 0 Å². The maximum Gasteiger partial charge on any atom is 0.328 e. The summed E-state index contributed by atoms with van der Waals surface area (Å²) >= 11 is 0. The van der Waals surface area contributed by atoms with E-state index in [0.29, 0.717) is 13.0 Å². The molecule has 6 N–H and O–H groups in total. The summed E-state index contributed by atoms with van der Waals surface area (Å²) in [5, 5.41) is 2.62. The normalized spacial score (nSPS) is 13.5. The molecule has 0 aromatic carbocycles. The number of H-pyrrole nitrogens is 1. The Morgan fingerprint density at radius 2 is 2.24 bits per heavy atom. The Morgan fingerprint density at radius 1 is 1.48 bits per heavy atom. The molecule has 1 aromatic rings. The van der Waals surface area contributed by atoms with Crippen LogP contribution in [0.15, 0.2) is 12.5 Å². The number of unbranched alkanes of at least 4 members (excludes halogenated alkanes) is 1. The third-order valence-corrected chi connectivity index (χ3v) is 3.09. The molecule has 0 bridgehead atoms. The molecule has 8 nitrogen and oxygen atoms in total. The Bertz CT molecular complexity index is 435. The molecule has 0 unspecified atom stereocenters. The molecule has 0 radical (unpaired) electrons. The second-order valence-electron chi connectivity index (χ2n) is 4.76. The van der Waals surface area contributed by atoms with Crippen molar-refractivity contribution in [3.8, 4) is 0 Å². The zero-order valence-corrected chi connectivity index (χ0v) is 12.2. The number of carbonyl (C=O) groups excluding carboxylic acids is 2. The van der Waals surface area contributed by atoms with Gasteiger partial charge in [-0.15, -0.1) is 0 Å². The zero-order chi connectivity index (χ0) is 15.7. The summed E-state index contributed by atoms with van der Waals surface area (Å²) < 4.78 is 4.69. The highest BCUT2D eigenvalue weighted by atomic mass is 16.5. The van der Waals surface area contributed by atoms with E-state index < -0.39 is 18.1 Å². The first kappa shape index (κ1) is 17.1. The second-order valence-corrected chi connectivity index (χ2v) is 4.76. The summed E-state index contributed by atoms with van der Waals surface area (Å²) in [6, 6.07) is -1.45. The van der Waals surface area contributed by atoms with E-state index in [2.05, 4.69) is 15.3 Å². The minimum Gasteiger partial charge on any atom is -0.467 e. The molecular formula is C13H23N5O3. The number of esters is 1. The van der Waals surface area contributed by atoms with Gasteiger partial charge in [0.05, 0.1) is 19.5 Å². The Morgan fingerprint density at radius 3 is 2.81 bits per heavy atom. The number of hydrogen-bond acceptors (Lipinski definition) is 6. The number of aromatic nitrogens is 2. The van der Waals surface area contributed by atoms with Crippen molar-refractivity contribution in [2.45, 2.75) is 37.8 Å². The van der Waals surface area contributed by atoms with Crippen molar-refractivity contribution in [2.75, 3.05) is 13.7 Å². The maximum atomic E-state index is 12.0. The van der Waals surface area contributed by atoms with Crippen LogP contribution >= 0.6 is 0 Å². The molecule has 0 aliphatic heterocycles. The van der Waals surface area contributed by atoms with Crippen LogP contribution in [0.3, 0.4) is 0 Å². The Balaban J connectivity index is 2.55. The van der Waals surface area contributed by atoms with Crippen molar-refractivity contribution in [1.29, 1.82) is 0 Å². The molecular weight excluding hydrogens is 274 g/mol. The molecule has 1 amide bonds. The topological polar surface area (TPSA) is 136 Å². The van der Waals surface area contributed by atoms with Crippen LogP contribution in [0.1, 0.15) is 25.0 Å². The highest BCUT2D eigenvalue weighted by molar-refractivity contribution is 5.87. The molecule has 0 spiro atoms. The number of ether oxygens (including phenoxy) is 1. The molecule has 118 valence electrons. The standard InChI is InChI=1S/C13H23N5O3/c1-21-13(20)11(6-9-7-16-8-17-9)18-12(19)10(15)4-2-3-5-14/h7-8,10-11H,2-6,14-15H2,1H3,(H,16,17)(H,18,19)/t10-,11-/m0/s1. The van der Waals surface area contributed by atoms with Gasteiger partial charge in [0, 0.05) is 18.3 Å². The van der Waals surface area contributed by atoms with E-state index in [0.717, 1.165) is 18.5 Å². The average molecular weight is 297 g/mol. The van der Waals surface area contributed by atoms with Crippen molar-refractivity contribution in [2.24, 2.45) is 11.5 Å². The van der Waals surface area contributed by atoms with E-state index in [1.807, 2.05) is 0 Å². The first-order valence-corrected chi connectivity index (χ1v) is 6.89. The summed E-state index contributed by atoms with van der Waals surface area (Å²) in [5.41, 5.74) is 11.9. The molecule has 8 heteroatoms. The SMILES string of the molecule is COC(=O)[C@H](Cc1cnc[nH]1)NC(=O)[C@@H](N)CCCCN. The van der Waals surface area contributed by atoms with Crippen LogP contribution in [-0.2, 0) is 20.7 Å². The first-order chi connectivity index (χ1) is 10.1. The van der Waals surface area contributed by atoms with Gasteiger partial charge >= 0.3 is 5.97 Å². The van der Waals surface area contributed by atoms with Gasteiger partial charge in [0.2, 0.25) is 5.91 Å². The summed E-state index contributed by atoms with van der Waals surface area (Å²) in [7, 11) is 1.27. The predicted octanol–water partition coefficient (Wildman–Crippen LogP) is -0.934. The van der Waals surface area contributed by atoms with Crippen molar-refractivity contribution in [1.82, 2.24) is 15.3 Å². The first-order valence-electron chi connectivity index (χ1n) is 6.89. The number of aromatic amines is 1. The lowest BCUT2D eigenvalue weighted by Crippen LogP contribution is -2.49. The zero-order valence-electron chi connectivity index (χ0n) is 12.2. The monoisotopic (exact) mass is 297 g/mol. The third-order valence-electron chi connectivity index (χ3n) is 3.09. The van der Waals surface area contributed by atoms with Gasteiger partial charge in [0.1, 0.15) is 6.04 Å². The van der Waals surface area contributed by atoms with Crippen molar-refractivity contribution in [3.05, 3.63) is 18.2 Å². The van der Waals surface area contributed by atoms with Gasteiger partial charge in [-0.05, 0) is 19.4 Å². The van der Waals surface area contributed by atoms with E-state index in [1.165, 1.54) is 13.4 Å². The minimum absolute atomic E-state index is 0.272. The molecule has 0 aliphatic carbocycles. The van der Waals surface area contributed by atoms with Gasteiger partial charge in [-0.25, -0.2) is 9.78 Å². The molecule has 21 heavy (non-hydrogen) atoms. The fourth-order valence-electron chi connectivity index (χ4n) is 1.87. The molecule has 1 rings (SSSR count). The van der Waals surface area contributed by atoms with Gasteiger partial charge in [-0.1, -0.05) is 6.42 Å². The van der Waals surface area contributed by atoms with Crippen LogP contribution in [0.4, 0.5) is 0 Å². The molecule has 1 aromatic heterocycles. The van der Waals surface area contributed by atoms with E-state index >= 15 is 0 Å². The molecule has 1 heterocycles. The van der Waals surface area contributed by atoms with Crippen LogP contribution in [0.25, 0.3) is 0 Å². The number of carbonyl (C=O) groups is 2. The smallest absolute Gasteiger partial charge is 0.328 e. The number of methoxy groups -OCH3 is 1. The highest BCUT2D eigenvalue weighted by Crippen LogP contribution is 2.03. The number of hydrogen-bond donors (Lipinski definition) is 4. The van der Waals surface area contributed by atoms with Crippen LogP contribution in [0.5, 0.6) is 0 Å². The van der Waals surface area contributed by atoms with Crippen LogP contribution in [0, 0.1) is 0 Å². The number of amides is 1. The van der Waals surface area contributed by atoms with E-state index in [9.17, 15) is 9.59 Å². The van der Waals surface area contributed by atoms with Gasteiger partial charge in [0.25, 0.3) is 0 Å². The summed E-state index contributed by atoms with van der Waals surface area (Å²) in [6.45, 7) is 0.568. The second kappa shape index (κ2) is 9.09. The van der Waals surface area contributed by atoms with Gasteiger partial charge in [-0.2, -0.15) is 0 Å². The van der Waals surface area contributed by atoms with E-state index in [1.54, 1.807) is 6.20 Å². The Labute approximate surface area is 123 Å². The molecule has 0 aliphatic rings. The quantitative estimate of drug-likeness (QED) is 0.343. The van der Waals surface area contributed by atoms with Gasteiger partial charge < -0.3 is 26.5 Å². The van der Waals surface area contributed by atoms with Crippen LogP contribution < -0.4 is 16.8 Å². The Kier molecular flexibility index (Phi) is 7.41. The summed E-state index contributed by atoms with van der Waals surface area (Å²) in [6.07, 6.45) is 5.48. The number of nitrogens with zero attached hydrogens (tertiary/aromatic N) is 1. The minimum atomic E-state index is -0.788. The molecule has 0 saturated carbocycles. The maximum absolute atomic E-state index is 12.0. The lowest BCUT2D eigenvalue weighted by atomic mass is 10.1. The van der Waals surface area contributed by atoms with Crippen LogP contribution in [-0.4, -0.2) is 47.6 Å². The number of nitrogens with two attached hydrogens (primary N) is 2. The fourth-order valence-corrected chi connectivity index (χ4v) is 1.87. The lowest BCUT2D eigenvalue weighted by molar-refractivity contribution is -0.145. The number of nitrogens with one attached hydrogen (secondary N) is 2. The number of imidazole rings is 1. The highest BCUT2D eigenvalue weighted by Gasteiger charge is 2.24. The van der Waals surface area contributed by atoms with E-state index in [4.69, 9.17) is 16.2 Å². The molecule has 0 fully saturated rings. The molecule has 2 atom stereocenters. The van der Waals surface area contributed by atoms with Gasteiger partial charge in [-0.3, -0.25) is 4.79 Å². The summed E-state index contributed by atoms with van der Waals surface area (Å²) in [5.74, 6) is -0.894.